The van der Waals surface area contributed by atoms with Crippen molar-refractivity contribution in [2.24, 2.45) is 5.92 Å². The number of nitrogens with one attached hydrogen (secondary N) is 2. The van der Waals surface area contributed by atoms with E-state index in [4.69, 9.17) is 5.21 Å². The monoisotopic (exact) mass is 276 g/mol. The molecule has 20 heavy (non-hydrogen) atoms. The lowest BCUT2D eigenvalue weighted by Crippen LogP contribution is -2.47. The van der Waals surface area contributed by atoms with Crippen LogP contribution in [0.3, 0.4) is 0 Å². The van der Waals surface area contributed by atoms with E-state index in [1.54, 1.807) is 17.6 Å². The van der Waals surface area contributed by atoms with E-state index in [-0.39, 0.29) is 17.9 Å². The summed E-state index contributed by atoms with van der Waals surface area (Å²) in [5.41, 5.74) is 3.38. The van der Waals surface area contributed by atoms with Crippen LogP contribution in [0.5, 0.6) is 0 Å². The predicted octanol–water partition coefficient (Wildman–Crippen LogP) is 1.79. The maximum absolute atomic E-state index is 12.2. The van der Waals surface area contributed by atoms with Crippen molar-refractivity contribution in [1.29, 1.82) is 0 Å². The van der Waals surface area contributed by atoms with E-state index in [0.29, 0.717) is 12.0 Å². The number of hydroxylamine groups is 1. The van der Waals surface area contributed by atoms with Gasteiger partial charge in [0.05, 0.1) is 5.92 Å². The average Bonchev–Trinajstić information content (AvgIpc) is 2.47. The van der Waals surface area contributed by atoms with Gasteiger partial charge in [-0.3, -0.25) is 14.8 Å². The standard InChI is InChI=1S/C15H20N2O3/c1-10-6-8-11(9-7-10)14(18)16-13-5-3-2-4-12(13)15(19)17-20/h6-9,12-13,20H,2-5H2,1H3,(H,16,18)(H,17,19)/t12-,13+/m0/s1. The summed E-state index contributed by atoms with van der Waals surface area (Å²) in [6.45, 7) is 1.96. The molecule has 1 aromatic rings. The third-order valence-corrected chi connectivity index (χ3v) is 3.84. The van der Waals surface area contributed by atoms with Crippen molar-refractivity contribution in [2.45, 2.75) is 38.6 Å². The van der Waals surface area contributed by atoms with Crippen LogP contribution in [0.25, 0.3) is 0 Å². The zero-order chi connectivity index (χ0) is 14.5. The normalized spacial score (nSPS) is 22.1. The van der Waals surface area contributed by atoms with E-state index >= 15 is 0 Å². The number of benzene rings is 1. The molecule has 0 bridgehead atoms. The molecule has 1 aliphatic rings. The van der Waals surface area contributed by atoms with Crippen LogP contribution in [0, 0.1) is 12.8 Å². The number of carbonyl (C=O) groups is 2. The van der Waals surface area contributed by atoms with Gasteiger partial charge in [-0.2, -0.15) is 0 Å². The number of rotatable bonds is 3. The molecular weight excluding hydrogens is 256 g/mol. The summed E-state index contributed by atoms with van der Waals surface area (Å²) in [5, 5.41) is 11.7. The molecule has 2 amide bonds. The summed E-state index contributed by atoms with van der Waals surface area (Å²) in [6.07, 6.45) is 3.37. The van der Waals surface area contributed by atoms with Crippen molar-refractivity contribution in [3.8, 4) is 0 Å². The van der Waals surface area contributed by atoms with Crippen LogP contribution in [0.2, 0.25) is 0 Å². The Hall–Kier alpha value is -1.88. The molecule has 0 spiro atoms. The first kappa shape index (κ1) is 14.5. The van der Waals surface area contributed by atoms with Crippen LogP contribution in [0.4, 0.5) is 0 Å². The summed E-state index contributed by atoms with van der Waals surface area (Å²) in [7, 11) is 0. The Kier molecular flexibility index (Phi) is 4.74. The Morgan fingerprint density at radius 2 is 1.80 bits per heavy atom. The van der Waals surface area contributed by atoms with Gasteiger partial charge in [0, 0.05) is 11.6 Å². The van der Waals surface area contributed by atoms with Crippen molar-refractivity contribution >= 4 is 11.8 Å². The maximum Gasteiger partial charge on any atom is 0.251 e. The highest BCUT2D eigenvalue weighted by Crippen LogP contribution is 2.25. The van der Waals surface area contributed by atoms with Gasteiger partial charge in [-0.1, -0.05) is 30.5 Å². The van der Waals surface area contributed by atoms with Crippen molar-refractivity contribution < 1.29 is 14.8 Å². The third kappa shape index (κ3) is 3.36. The zero-order valence-electron chi connectivity index (χ0n) is 11.6. The molecule has 3 N–H and O–H groups in total. The number of amides is 2. The number of hydrogen-bond donors (Lipinski definition) is 3. The summed E-state index contributed by atoms with van der Waals surface area (Å²) in [6, 6.07) is 7.09. The second-order valence-electron chi connectivity index (χ2n) is 5.31. The predicted molar refractivity (Wildman–Crippen MR) is 74.3 cm³/mol. The number of hydrogen-bond acceptors (Lipinski definition) is 3. The first-order chi connectivity index (χ1) is 9.61. The Balaban J connectivity index is 2.04. The molecule has 5 nitrogen and oxygen atoms in total. The Morgan fingerprint density at radius 3 is 2.45 bits per heavy atom. The maximum atomic E-state index is 12.2. The lowest BCUT2D eigenvalue weighted by atomic mass is 9.84. The fraction of sp³-hybridized carbons (Fsp3) is 0.467. The molecule has 0 aromatic heterocycles. The SMILES string of the molecule is Cc1ccc(C(=O)N[C@@H]2CCCC[C@@H]2C(=O)NO)cc1. The summed E-state index contributed by atoms with van der Waals surface area (Å²) < 4.78 is 0. The molecular formula is C15H20N2O3. The molecule has 1 saturated carbocycles. The smallest absolute Gasteiger partial charge is 0.251 e. The van der Waals surface area contributed by atoms with E-state index in [2.05, 4.69) is 5.32 Å². The van der Waals surface area contributed by atoms with E-state index in [9.17, 15) is 9.59 Å². The van der Waals surface area contributed by atoms with Gasteiger partial charge in [-0.05, 0) is 31.9 Å². The second kappa shape index (κ2) is 6.52. The lowest BCUT2D eigenvalue weighted by Gasteiger charge is -2.30. The quantitative estimate of drug-likeness (QED) is 0.582. The van der Waals surface area contributed by atoms with E-state index in [1.807, 2.05) is 19.1 Å². The first-order valence-corrected chi connectivity index (χ1v) is 6.93. The fourth-order valence-corrected chi connectivity index (χ4v) is 2.66. The highest BCUT2D eigenvalue weighted by molar-refractivity contribution is 5.94. The summed E-state index contributed by atoms with van der Waals surface area (Å²) in [5.74, 6) is -0.949. The Morgan fingerprint density at radius 1 is 1.15 bits per heavy atom. The molecule has 0 saturated heterocycles. The third-order valence-electron chi connectivity index (χ3n) is 3.84. The highest BCUT2D eigenvalue weighted by Gasteiger charge is 2.31. The molecule has 0 heterocycles. The van der Waals surface area contributed by atoms with Crippen LogP contribution in [0.15, 0.2) is 24.3 Å². The number of carbonyl (C=O) groups excluding carboxylic acids is 2. The topological polar surface area (TPSA) is 78.4 Å². The summed E-state index contributed by atoms with van der Waals surface area (Å²) >= 11 is 0. The zero-order valence-corrected chi connectivity index (χ0v) is 11.6. The van der Waals surface area contributed by atoms with Gasteiger partial charge in [0.2, 0.25) is 5.91 Å². The molecule has 0 aliphatic heterocycles. The Bertz CT molecular complexity index is 484. The van der Waals surface area contributed by atoms with Gasteiger partial charge in [-0.25, -0.2) is 5.48 Å². The lowest BCUT2D eigenvalue weighted by molar-refractivity contribution is -0.135. The molecule has 1 aliphatic carbocycles. The molecule has 2 atom stereocenters. The minimum absolute atomic E-state index is 0.173. The van der Waals surface area contributed by atoms with Gasteiger partial charge < -0.3 is 5.32 Å². The number of aryl methyl sites for hydroxylation is 1. The van der Waals surface area contributed by atoms with Crippen LogP contribution >= 0.6 is 0 Å². The molecule has 2 rings (SSSR count). The van der Waals surface area contributed by atoms with Crippen molar-refractivity contribution in [3.63, 3.8) is 0 Å². The van der Waals surface area contributed by atoms with Crippen molar-refractivity contribution in [1.82, 2.24) is 10.8 Å². The molecule has 108 valence electrons. The fourth-order valence-electron chi connectivity index (χ4n) is 2.66. The molecule has 0 radical (unpaired) electrons. The minimum atomic E-state index is -0.418. The van der Waals surface area contributed by atoms with E-state index in [0.717, 1.165) is 24.8 Å². The first-order valence-electron chi connectivity index (χ1n) is 6.93. The van der Waals surface area contributed by atoms with Crippen molar-refractivity contribution in [2.75, 3.05) is 0 Å². The largest absolute Gasteiger partial charge is 0.349 e. The molecule has 1 aromatic carbocycles. The second-order valence-corrected chi connectivity index (χ2v) is 5.31. The van der Waals surface area contributed by atoms with Gasteiger partial charge >= 0.3 is 0 Å². The highest BCUT2D eigenvalue weighted by atomic mass is 16.5. The van der Waals surface area contributed by atoms with Gasteiger partial charge in [0.1, 0.15) is 0 Å². The van der Waals surface area contributed by atoms with E-state index < -0.39 is 5.91 Å². The van der Waals surface area contributed by atoms with Crippen molar-refractivity contribution in [3.05, 3.63) is 35.4 Å². The van der Waals surface area contributed by atoms with Crippen LogP contribution in [-0.2, 0) is 4.79 Å². The molecule has 5 heteroatoms. The van der Waals surface area contributed by atoms with Gasteiger partial charge in [0.15, 0.2) is 0 Å². The van der Waals surface area contributed by atoms with Crippen LogP contribution in [0.1, 0.15) is 41.6 Å². The minimum Gasteiger partial charge on any atom is -0.349 e. The summed E-state index contributed by atoms with van der Waals surface area (Å²) in [4.78, 5) is 23.8. The van der Waals surface area contributed by atoms with Crippen LogP contribution in [-0.4, -0.2) is 23.1 Å². The molecule has 1 fully saturated rings. The van der Waals surface area contributed by atoms with Gasteiger partial charge in [0.25, 0.3) is 5.91 Å². The molecule has 0 unspecified atom stereocenters. The van der Waals surface area contributed by atoms with E-state index in [1.165, 1.54) is 0 Å². The van der Waals surface area contributed by atoms with Crippen LogP contribution < -0.4 is 10.8 Å². The van der Waals surface area contributed by atoms with Gasteiger partial charge in [-0.15, -0.1) is 0 Å². The Labute approximate surface area is 118 Å². The average molecular weight is 276 g/mol.